The number of ether oxygens (including phenoxy) is 4. The van der Waals surface area contributed by atoms with Gasteiger partial charge < -0.3 is 33.8 Å². The van der Waals surface area contributed by atoms with Crippen LogP contribution in [0.2, 0.25) is 0 Å². The van der Waals surface area contributed by atoms with Crippen LogP contribution >= 0.6 is 15.6 Å². The molecular formula is C81H138O17P2. The standard InChI is InChI=1S/C81H138O17P2/c1-5-9-13-17-21-25-29-32-35-36-37-38-41-43-47-50-54-58-62-66-79(84)91-71-76(97-80(85)67-63-59-55-51-45-28-24-20-16-12-8-4)73-95-99(87,88)93-69-75(82)70-94-100(89,90)96-74-77(98-81(86)68-64-60-56-52-48-44-40-34-31-27-23-19-15-11-7-3)72-92-78(83)65-61-57-53-49-46-42-39-33-30-26-22-18-14-10-6-2/h9,13,20-22,24-26,32-35,37-40,43,47,54,58,75-77,82H,5-8,10-12,14-19,23,27-31,36,41-42,44-46,48-53,55-57,59-74H2,1-4H3,(H,87,88)(H,89,90)/b13-9-,24-20-,25-21-,26-22-,35-32-,38-37-,39-33-,40-34-,47-43-,58-54-. The molecule has 0 aromatic rings. The van der Waals surface area contributed by atoms with Crippen LogP contribution in [0.5, 0.6) is 0 Å². The first-order valence-electron chi connectivity index (χ1n) is 38.8. The van der Waals surface area contributed by atoms with Crippen LogP contribution < -0.4 is 0 Å². The van der Waals surface area contributed by atoms with Gasteiger partial charge in [-0.05, 0) is 141 Å². The van der Waals surface area contributed by atoms with E-state index in [-0.39, 0.29) is 25.7 Å². The van der Waals surface area contributed by atoms with E-state index in [1.165, 1.54) is 70.6 Å². The van der Waals surface area contributed by atoms with Gasteiger partial charge in [-0.1, -0.05) is 265 Å². The normalized spacial score (nSPS) is 14.6. The maximum atomic E-state index is 13.1. The number of aliphatic hydroxyl groups excluding tert-OH is 1. The number of esters is 4. The number of aliphatic hydroxyl groups is 1. The number of hydrogen-bond donors (Lipinski definition) is 3. The molecule has 5 unspecified atom stereocenters. The van der Waals surface area contributed by atoms with E-state index in [4.69, 9.17) is 37.0 Å². The fraction of sp³-hybridized carbons (Fsp3) is 0.704. The highest BCUT2D eigenvalue weighted by Gasteiger charge is 2.30. The summed E-state index contributed by atoms with van der Waals surface area (Å²) in [5.74, 6) is -2.30. The SMILES string of the molecule is CC/C=C\C/C=C\C/C=C\C/C=C\C/C=C\C/C=C\CCC(=O)OCC(COP(=O)(O)OCC(O)COP(=O)(O)OCC(COC(=O)CCCCCCC/C=C\C/C=C\CCCCC)OC(=O)CCCCCCC/C=C\CCCCCCCC)OC(=O)CCCCCCC/C=C\CCCC. The van der Waals surface area contributed by atoms with Crippen molar-refractivity contribution in [3.8, 4) is 0 Å². The van der Waals surface area contributed by atoms with Gasteiger partial charge in [-0.2, -0.15) is 0 Å². The van der Waals surface area contributed by atoms with Gasteiger partial charge in [-0.3, -0.25) is 37.3 Å². The molecule has 0 amide bonds. The second-order valence-electron chi connectivity index (χ2n) is 25.6. The molecule has 0 aromatic heterocycles. The first-order chi connectivity index (χ1) is 48.7. The van der Waals surface area contributed by atoms with E-state index in [1.54, 1.807) is 0 Å². The van der Waals surface area contributed by atoms with Gasteiger partial charge >= 0.3 is 39.5 Å². The molecule has 574 valence electrons. The average molecular weight is 1450 g/mol. The lowest BCUT2D eigenvalue weighted by Crippen LogP contribution is -2.30. The number of carbonyl (C=O) groups excluding carboxylic acids is 4. The zero-order chi connectivity index (χ0) is 73.2. The molecule has 0 bridgehead atoms. The lowest BCUT2D eigenvalue weighted by Gasteiger charge is -2.21. The summed E-state index contributed by atoms with van der Waals surface area (Å²) >= 11 is 0. The summed E-state index contributed by atoms with van der Waals surface area (Å²) < 4.78 is 68.4. The van der Waals surface area contributed by atoms with Gasteiger partial charge in [0.05, 0.1) is 26.4 Å². The summed E-state index contributed by atoms with van der Waals surface area (Å²) in [4.78, 5) is 72.8. The first-order valence-corrected chi connectivity index (χ1v) is 41.8. The minimum absolute atomic E-state index is 0.0324. The second-order valence-corrected chi connectivity index (χ2v) is 28.5. The molecule has 0 aliphatic rings. The Kier molecular flexibility index (Phi) is 69.5. The molecular weight excluding hydrogens is 1310 g/mol. The third kappa shape index (κ3) is 71.8. The Bertz CT molecular complexity index is 2370. The first kappa shape index (κ1) is 95.5. The molecule has 0 saturated carbocycles. The molecule has 0 aliphatic heterocycles. The highest BCUT2D eigenvalue weighted by molar-refractivity contribution is 7.47. The molecule has 0 aliphatic carbocycles. The van der Waals surface area contributed by atoms with Crippen LogP contribution in [0.4, 0.5) is 0 Å². The lowest BCUT2D eigenvalue weighted by atomic mass is 10.1. The molecule has 0 heterocycles. The lowest BCUT2D eigenvalue weighted by molar-refractivity contribution is -0.161. The van der Waals surface area contributed by atoms with Crippen molar-refractivity contribution in [2.75, 3.05) is 39.6 Å². The van der Waals surface area contributed by atoms with Crippen LogP contribution in [0.3, 0.4) is 0 Å². The van der Waals surface area contributed by atoms with Gasteiger partial charge in [0, 0.05) is 25.7 Å². The van der Waals surface area contributed by atoms with E-state index in [9.17, 15) is 43.2 Å². The van der Waals surface area contributed by atoms with Crippen LogP contribution in [0, 0.1) is 0 Å². The zero-order valence-electron chi connectivity index (χ0n) is 62.6. The summed E-state index contributed by atoms with van der Waals surface area (Å²) in [7, 11) is -9.98. The van der Waals surface area contributed by atoms with Gasteiger partial charge in [0.2, 0.25) is 0 Å². The predicted molar refractivity (Wildman–Crippen MR) is 408 cm³/mol. The highest BCUT2D eigenvalue weighted by atomic mass is 31.2. The Morgan fingerprint density at radius 3 is 0.920 bits per heavy atom. The Morgan fingerprint density at radius 1 is 0.290 bits per heavy atom. The number of allylic oxidation sites excluding steroid dienone is 20. The minimum Gasteiger partial charge on any atom is -0.462 e. The third-order valence-electron chi connectivity index (χ3n) is 15.9. The van der Waals surface area contributed by atoms with E-state index in [2.05, 4.69) is 131 Å². The smallest absolute Gasteiger partial charge is 0.462 e. The van der Waals surface area contributed by atoms with E-state index in [0.717, 1.165) is 154 Å². The fourth-order valence-corrected chi connectivity index (χ4v) is 11.5. The molecule has 0 rings (SSSR count). The van der Waals surface area contributed by atoms with Crippen molar-refractivity contribution in [2.24, 2.45) is 0 Å². The molecule has 0 radical (unpaired) electrons. The number of phosphoric acid groups is 2. The van der Waals surface area contributed by atoms with Crippen LogP contribution in [0.1, 0.15) is 310 Å². The summed E-state index contributed by atoms with van der Waals surface area (Å²) in [6, 6.07) is 0. The maximum absolute atomic E-state index is 13.1. The topological polar surface area (TPSA) is 237 Å². The predicted octanol–water partition coefficient (Wildman–Crippen LogP) is 22.3. The van der Waals surface area contributed by atoms with E-state index < -0.39 is 97.5 Å². The fourth-order valence-electron chi connectivity index (χ4n) is 9.96. The van der Waals surface area contributed by atoms with Crippen molar-refractivity contribution >= 4 is 39.5 Å². The quantitative estimate of drug-likeness (QED) is 0.0169. The molecule has 100 heavy (non-hydrogen) atoms. The summed E-state index contributed by atoms with van der Waals surface area (Å²) in [6.45, 7) is 4.57. The van der Waals surface area contributed by atoms with Crippen LogP contribution in [-0.4, -0.2) is 96.7 Å². The average Bonchev–Trinajstić information content (AvgIpc) is 0.953. The van der Waals surface area contributed by atoms with Crippen LogP contribution in [0.25, 0.3) is 0 Å². The Morgan fingerprint density at radius 2 is 0.550 bits per heavy atom. The summed E-state index contributed by atoms with van der Waals surface area (Å²) in [5.41, 5.74) is 0. The largest absolute Gasteiger partial charge is 0.472 e. The number of rotatable bonds is 72. The molecule has 0 aromatic carbocycles. The van der Waals surface area contributed by atoms with Crippen molar-refractivity contribution in [3.63, 3.8) is 0 Å². The monoisotopic (exact) mass is 1440 g/mol. The molecule has 19 heteroatoms. The Labute approximate surface area is 606 Å². The van der Waals surface area contributed by atoms with E-state index in [0.29, 0.717) is 32.1 Å². The van der Waals surface area contributed by atoms with Gasteiger partial charge in [0.25, 0.3) is 0 Å². The summed E-state index contributed by atoms with van der Waals surface area (Å²) in [5, 5.41) is 10.6. The Balaban J connectivity index is 5.40. The van der Waals surface area contributed by atoms with Crippen molar-refractivity contribution in [1.82, 2.24) is 0 Å². The maximum Gasteiger partial charge on any atom is 0.472 e. The number of phosphoric ester groups is 2. The summed E-state index contributed by atoms with van der Waals surface area (Å²) in [6.07, 6.45) is 79.2. The van der Waals surface area contributed by atoms with Gasteiger partial charge in [0.15, 0.2) is 12.2 Å². The zero-order valence-corrected chi connectivity index (χ0v) is 64.4. The molecule has 0 saturated heterocycles. The molecule has 5 atom stereocenters. The van der Waals surface area contributed by atoms with Crippen molar-refractivity contribution < 1.29 is 80.2 Å². The second kappa shape index (κ2) is 72.8. The molecule has 0 spiro atoms. The van der Waals surface area contributed by atoms with Crippen LogP contribution in [-0.2, 0) is 65.4 Å². The van der Waals surface area contributed by atoms with Gasteiger partial charge in [0.1, 0.15) is 19.3 Å². The number of carbonyl (C=O) groups is 4. The number of hydrogen-bond acceptors (Lipinski definition) is 15. The Hall–Kier alpha value is -4.54. The van der Waals surface area contributed by atoms with Crippen LogP contribution in [0.15, 0.2) is 122 Å². The molecule has 3 N–H and O–H groups in total. The van der Waals surface area contributed by atoms with E-state index >= 15 is 0 Å². The highest BCUT2D eigenvalue weighted by Crippen LogP contribution is 2.45. The van der Waals surface area contributed by atoms with Gasteiger partial charge in [-0.25, -0.2) is 9.13 Å². The minimum atomic E-state index is -4.99. The number of unbranched alkanes of at least 4 members (excludes halogenated alkanes) is 26. The van der Waals surface area contributed by atoms with E-state index in [1.807, 2.05) is 18.2 Å². The molecule has 17 nitrogen and oxygen atoms in total. The molecule has 0 fully saturated rings. The van der Waals surface area contributed by atoms with Crippen molar-refractivity contribution in [1.29, 1.82) is 0 Å². The third-order valence-corrected chi connectivity index (χ3v) is 17.8. The van der Waals surface area contributed by atoms with Gasteiger partial charge in [-0.15, -0.1) is 0 Å². The van der Waals surface area contributed by atoms with Crippen molar-refractivity contribution in [2.45, 2.75) is 329 Å². The van der Waals surface area contributed by atoms with Crippen molar-refractivity contribution in [3.05, 3.63) is 122 Å².